The molecule has 1 N–H and O–H groups in total. The molecule has 2 heterocycles. The van der Waals surface area contributed by atoms with Crippen molar-refractivity contribution in [1.29, 1.82) is 0 Å². The van der Waals surface area contributed by atoms with E-state index >= 15 is 0 Å². The van der Waals surface area contributed by atoms with Crippen LogP contribution in [-0.4, -0.2) is 42.2 Å². The van der Waals surface area contributed by atoms with E-state index in [1.807, 2.05) is 42.6 Å². The zero-order valence-corrected chi connectivity index (χ0v) is 14.2. The summed E-state index contributed by atoms with van der Waals surface area (Å²) in [6, 6.07) is 16.8. The Labute approximate surface area is 144 Å². The van der Waals surface area contributed by atoms with Gasteiger partial charge in [0.25, 0.3) is 0 Å². The number of para-hydroxylation sites is 1. The van der Waals surface area contributed by atoms with Crippen LogP contribution in [0.4, 0.5) is 0 Å². The van der Waals surface area contributed by atoms with E-state index in [0.29, 0.717) is 12.6 Å². The Bertz CT molecular complexity index is 568. The summed E-state index contributed by atoms with van der Waals surface area (Å²) < 4.78 is 5.92. The van der Waals surface area contributed by atoms with E-state index in [1.165, 1.54) is 19.3 Å². The zero-order valence-electron chi connectivity index (χ0n) is 14.2. The maximum atomic E-state index is 5.92. The second kappa shape index (κ2) is 9.40. The van der Waals surface area contributed by atoms with Crippen LogP contribution in [0.1, 0.15) is 25.0 Å². The highest BCUT2D eigenvalue weighted by Gasteiger charge is 2.20. The van der Waals surface area contributed by atoms with E-state index in [0.717, 1.165) is 37.6 Å². The van der Waals surface area contributed by atoms with E-state index in [1.54, 1.807) is 0 Å². The highest BCUT2D eigenvalue weighted by Crippen LogP contribution is 2.16. The molecule has 1 saturated heterocycles. The number of hydrogen-bond acceptors (Lipinski definition) is 4. The minimum Gasteiger partial charge on any atom is -0.492 e. The number of hydrogen-bond donors (Lipinski definition) is 1. The van der Waals surface area contributed by atoms with Crippen LogP contribution in [0.15, 0.2) is 54.7 Å². The molecule has 3 rings (SSSR count). The summed E-state index contributed by atoms with van der Waals surface area (Å²) in [5.41, 5.74) is 1.13. The van der Waals surface area contributed by atoms with Crippen LogP contribution in [-0.2, 0) is 6.54 Å². The van der Waals surface area contributed by atoms with Crippen molar-refractivity contribution in [3.63, 3.8) is 0 Å². The summed E-state index contributed by atoms with van der Waals surface area (Å²) in [6.45, 7) is 4.76. The van der Waals surface area contributed by atoms with Gasteiger partial charge in [-0.2, -0.15) is 0 Å². The summed E-state index contributed by atoms with van der Waals surface area (Å²) in [5, 5.41) is 3.50. The molecule has 0 radical (unpaired) electrons. The van der Waals surface area contributed by atoms with Gasteiger partial charge in [-0.15, -0.1) is 0 Å². The number of nitrogens with one attached hydrogen (secondary N) is 1. The molecule has 0 bridgehead atoms. The van der Waals surface area contributed by atoms with Crippen LogP contribution in [0.3, 0.4) is 0 Å². The highest BCUT2D eigenvalue weighted by atomic mass is 16.5. The van der Waals surface area contributed by atoms with Crippen LogP contribution in [0.2, 0.25) is 0 Å². The monoisotopic (exact) mass is 325 g/mol. The van der Waals surface area contributed by atoms with E-state index in [-0.39, 0.29) is 0 Å². The Balaban J connectivity index is 1.60. The van der Waals surface area contributed by atoms with Crippen molar-refractivity contribution in [2.45, 2.75) is 31.8 Å². The van der Waals surface area contributed by atoms with Gasteiger partial charge >= 0.3 is 0 Å². The highest BCUT2D eigenvalue weighted by molar-refractivity contribution is 5.20. The first-order valence-electron chi connectivity index (χ1n) is 8.94. The molecule has 24 heavy (non-hydrogen) atoms. The van der Waals surface area contributed by atoms with Crippen molar-refractivity contribution in [3.05, 3.63) is 60.4 Å². The Kier molecular flexibility index (Phi) is 6.63. The Hall–Kier alpha value is -1.91. The fourth-order valence-corrected chi connectivity index (χ4v) is 3.25. The third kappa shape index (κ3) is 5.32. The summed E-state index contributed by atoms with van der Waals surface area (Å²) in [7, 11) is 0. The Morgan fingerprint density at radius 1 is 1.04 bits per heavy atom. The second-order valence-corrected chi connectivity index (χ2v) is 6.29. The summed E-state index contributed by atoms with van der Waals surface area (Å²) in [5.74, 6) is 0.942. The van der Waals surface area contributed by atoms with Crippen molar-refractivity contribution in [2.75, 3.05) is 26.2 Å². The Morgan fingerprint density at radius 3 is 2.75 bits per heavy atom. The average molecular weight is 325 g/mol. The van der Waals surface area contributed by atoms with Crippen LogP contribution >= 0.6 is 0 Å². The predicted molar refractivity (Wildman–Crippen MR) is 97.1 cm³/mol. The first-order chi connectivity index (χ1) is 11.9. The lowest BCUT2D eigenvalue weighted by atomic mass is 10.1. The van der Waals surface area contributed by atoms with Gasteiger partial charge in [-0.05, 0) is 56.6 Å². The molecule has 0 spiro atoms. The van der Waals surface area contributed by atoms with Crippen molar-refractivity contribution in [3.8, 4) is 5.75 Å². The standard InChI is InChI=1S/C20H27N3O/c1-2-9-20(10-3-1)24-16-15-23(17-18-7-4-5-13-22-18)19-8-6-12-21-14-11-19/h1-5,7,9-10,13,19,21H,6,8,11-12,14-17H2/t19-/m0/s1. The smallest absolute Gasteiger partial charge is 0.119 e. The molecule has 0 aliphatic carbocycles. The number of pyridine rings is 1. The molecular formula is C20H27N3O. The van der Waals surface area contributed by atoms with Gasteiger partial charge in [0.15, 0.2) is 0 Å². The van der Waals surface area contributed by atoms with E-state index in [4.69, 9.17) is 4.74 Å². The first kappa shape index (κ1) is 16.9. The molecule has 0 amide bonds. The molecule has 1 aliphatic rings. The third-order valence-electron chi connectivity index (χ3n) is 4.54. The minimum absolute atomic E-state index is 0.598. The van der Waals surface area contributed by atoms with Crippen LogP contribution in [0.5, 0.6) is 5.75 Å². The van der Waals surface area contributed by atoms with Gasteiger partial charge in [-0.25, -0.2) is 0 Å². The molecule has 0 saturated carbocycles. The molecule has 2 aromatic rings. The van der Waals surface area contributed by atoms with Gasteiger partial charge in [-0.1, -0.05) is 24.3 Å². The lowest BCUT2D eigenvalue weighted by Crippen LogP contribution is -2.38. The summed E-state index contributed by atoms with van der Waals surface area (Å²) >= 11 is 0. The number of nitrogens with zero attached hydrogens (tertiary/aromatic N) is 2. The van der Waals surface area contributed by atoms with Crippen molar-refractivity contribution < 1.29 is 4.74 Å². The minimum atomic E-state index is 0.598. The fourth-order valence-electron chi connectivity index (χ4n) is 3.25. The van der Waals surface area contributed by atoms with Gasteiger partial charge in [-0.3, -0.25) is 9.88 Å². The zero-order chi connectivity index (χ0) is 16.5. The Morgan fingerprint density at radius 2 is 1.92 bits per heavy atom. The first-order valence-corrected chi connectivity index (χ1v) is 8.94. The molecular weight excluding hydrogens is 298 g/mol. The molecule has 1 aliphatic heterocycles. The van der Waals surface area contributed by atoms with Crippen LogP contribution < -0.4 is 10.1 Å². The fraction of sp³-hybridized carbons (Fsp3) is 0.450. The molecule has 1 aromatic carbocycles. The second-order valence-electron chi connectivity index (χ2n) is 6.29. The summed E-state index contributed by atoms with van der Waals surface area (Å²) in [4.78, 5) is 7.04. The van der Waals surface area contributed by atoms with Gasteiger partial charge in [0, 0.05) is 25.3 Å². The predicted octanol–water partition coefficient (Wildman–Crippen LogP) is 3.10. The quantitative estimate of drug-likeness (QED) is 0.849. The summed E-state index contributed by atoms with van der Waals surface area (Å²) in [6.07, 6.45) is 5.55. The number of rotatable bonds is 7. The molecule has 1 atom stereocenters. The molecule has 1 aromatic heterocycles. The molecule has 4 heteroatoms. The number of benzene rings is 1. The largest absolute Gasteiger partial charge is 0.492 e. The average Bonchev–Trinajstić information content (AvgIpc) is 2.92. The van der Waals surface area contributed by atoms with Crippen molar-refractivity contribution in [1.82, 2.24) is 15.2 Å². The van der Waals surface area contributed by atoms with Crippen molar-refractivity contribution in [2.24, 2.45) is 0 Å². The maximum Gasteiger partial charge on any atom is 0.119 e. The van der Waals surface area contributed by atoms with Gasteiger partial charge in [0.05, 0.1) is 5.69 Å². The number of ether oxygens (including phenoxy) is 1. The third-order valence-corrected chi connectivity index (χ3v) is 4.54. The molecule has 4 nitrogen and oxygen atoms in total. The normalized spacial score (nSPS) is 18.3. The lowest BCUT2D eigenvalue weighted by Gasteiger charge is -2.30. The van der Waals surface area contributed by atoms with Gasteiger partial charge in [0.1, 0.15) is 12.4 Å². The maximum absolute atomic E-state index is 5.92. The molecule has 1 fully saturated rings. The van der Waals surface area contributed by atoms with Crippen molar-refractivity contribution >= 4 is 0 Å². The van der Waals surface area contributed by atoms with E-state index in [2.05, 4.69) is 27.3 Å². The SMILES string of the molecule is c1ccc(OCCN(Cc2ccccn2)[C@H]2CCCNCC2)cc1. The van der Waals surface area contributed by atoms with Crippen LogP contribution in [0.25, 0.3) is 0 Å². The lowest BCUT2D eigenvalue weighted by molar-refractivity contribution is 0.140. The molecule has 128 valence electrons. The van der Waals surface area contributed by atoms with Gasteiger partial charge < -0.3 is 10.1 Å². The van der Waals surface area contributed by atoms with E-state index in [9.17, 15) is 0 Å². The van der Waals surface area contributed by atoms with Crippen LogP contribution in [0, 0.1) is 0 Å². The van der Waals surface area contributed by atoms with Gasteiger partial charge in [0.2, 0.25) is 0 Å². The number of aromatic nitrogens is 1. The van der Waals surface area contributed by atoms with E-state index < -0.39 is 0 Å². The molecule has 0 unspecified atom stereocenters. The topological polar surface area (TPSA) is 37.4 Å².